The third kappa shape index (κ3) is 2.85. The first-order chi connectivity index (χ1) is 10.4. The number of nitrogens with zero attached hydrogens (tertiary/aromatic N) is 2. The molecule has 2 saturated heterocycles. The maximum Gasteiger partial charge on any atom is 0.270 e. The largest absolute Gasteiger partial charge is 0.363 e. The summed E-state index contributed by atoms with van der Waals surface area (Å²) >= 11 is 1.75. The summed E-state index contributed by atoms with van der Waals surface area (Å²) < 4.78 is 32.4. The van der Waals surface area contributed by atoms with E-state index < -0.39 is 14.9 Å². The number of benzene rings is 1. The van der Waals surface area contributed by atoms with Crippen molar-refractivity contribution in [1.82, 2.24) is 4.31 Å². The van der Waals surface area contributed by atoms with E-state index in [1.54, 1.807) is 11.8 Å². The zero-order valence-electron chi connectivity index (χ0n) is 11.8. The van der Waals surface area contributed by atoms with Gasteiger partial charge in [-0.3, -0.25) is 10.1 Å². The molecule has 22 heavy (non-hydrogen) atoms. The molecule has 0 bridgehead atoms. The number of rotatable bonds is 3. The van der Waals surface area contributed by atoms with Crippen LogP contribution < -0.4 is 0 Å². The van der Waals surface area contributed by atoms with Crippen molar-refractivity contribution >= 4 is 27.5 Å². The van der Waals surface area contributed by atoms with Crippen molar-refractivity contribution in [2.75, 3.05) is 25.4 Å². The maximum absolute atomic E-state index is 12.6. The monoisotopic (exact) mass is 344 g/mol. The average Bonchev–Trinajstić information content (AvgIpc) is 2.96. The molecule has 1 aromatic rings. The Morgan fingerprint density at radius 2 is 2.05 bits per heavy atom. The number of nitro benzene ring substituents is 1. The minimum atomic E-state index is -3.70. The van der Waals surface area contributed by atoms with E-state index >= 15 is 0 Å². The summed E-state index contributed by atoms with van der Waals surface area (Å²) in [6, 6.07) is 5.19. The van der Waals surface area contributed by atoms with Gasteiger partial charge in [-0.2, -0.15) is 4.31 Å². The Kier molecular flexibility index (Phi) is 4.15. The summed E-state index contributed by atoms with van der Waals surface area (Å²) in [5.41, 5.74) is -0.218. The molecular weight excluding hydrogens is 328 g/mol. The highest BCUT2D eigenvalue weighted by Crippen LogP contribution is 2.42. The molecule has 3 rings (SSSR count). The van der Waals surface area contributed by atoms with Crippen LogP contribution in [0.15, 0.2) is 29.2 Å². The molecule has 1 aromatic carbocycles. The van der Waals surface area contributed by atoms with Crippen molar-refractivity contribution in [2.45, 2.75) is 22.7 Å². The number of ether oxygens (including phenoxy) is 1. The minimum Gasteiger partial charge on any atom is -0.363 e. The Hall–Kier alpha value is -1.16. The summed E-state index contributed by atoms with van der Waals surface area (Å²) in [5, 5.41) is 10.8. The van der Waals surface area contributed by atoms with E-state index in [2.05, 4.69) is 0 Å². The van der Waals surface area contributed by atoms with Gasteiger partial charge in [0.1, 0.15) is 4.93 Å². The highest BCUT2D eigenvalue weighted by atomic mass is 32.2. The Morgan fingerprint density at radius 1 is 1.32 bits per heavy atom. The van der Waals surface area contributed by atoms with Crippen molar-refractivity contribution in [1.29, 1.82) is 0 Å². The van der Waals surface area contributed by atoms with E-state index in [1.807, 2.05) is 0 Å². The second kappa shape index (κ2) is 5.80. The second-order valence-corrected chi connectivity index (χ2v) is 8.65. The van der Waals surface area contributed by atoms with E-state index in [1.165, 1.54) is 22.5 Å². The fourth-order valence-corrected chi connectivity index (χ4v) is 5.42. The van der Waals surface area contributed by atoms with Gasteiger partial charge in [0.05, 0.1) is 16.4 Å². The standard InChI is InChI=1S/C13H16N2O5S2/c16-15(17)11-2-1-3-12(10-11)22(18,19)14-6-4-13(5-7-14)20-8-9-21-13/h1-3,10H,4-9H2. The smallest absolute Gasteiger partial charge is 0.270 e. The molecule has 1 spiro atoms. The summed E-state index contributed by atoms with van der Waals surface area (Å²) in [7, 11) is -3.70. The molecule has 0 radical (unpaired) electrons. The summed E-state index contributed by atoms with van der Waals surface area (Å²) in [6.07, 6.45) is 1.29. The lowest BCUT2D eigenvalue weighted by molar-refractivity contribution is -0.385. The molecule has 2 heterocycles. The maximum atomic E-state index is 12.6. The Labute approximate surface area is 132 Å². The summed E-state index contributed by atoms with van der Waals surface area (Å²) in [4.78, 5) is 9.94. The molecular formula is C13H16N2O5S2. The Morgan fingerprint density at radius 3 is 2.64 bits per heavy atom. The zero-order chi connectivity index (χ0) is 15.8. The number of sulfonamides is 1. The van der Waals surface area contributed by atoms with Crippen LogP contribution in [0.5, 0.6) is 0 Å². The van der Waals surface area contributed by atoms with Gasteiger partial charge >= 0.3 is 0 Å². The van der Waals surface area contributed by atoms with E-state index in [0.29, 0.717) is 32.5 Å². The van der Waals surface area contributed by atoms with Crippen molar-refractivity contribution in [2.24, 2.45) is 0 Å². The SMILES string of the molecule is O=[N+]([O-])c1cccc(S(=O)(=O)N2CCC3(CC2)OCCS3)c1. The van der Waals surface area contributed by atoms with Crippen LogP contribution in [0.3, 0.4) is 0 Å². The predicted molar refractivity (Wildman–Crippen MR) is 82.2 cm³/mol. The molecule has 2 fully saturated rings. The number of nitro groups is 1. The number of hydrogen-bond donors (Lipinski definition) is 0. The van der Waals surface area contributed by atoms with Crippen LogP contribution in [0.4, 0.5) is 5.69 Å². The molecule has 0 N–H and O–H groups in total. The minimum absolute atomic E-state index is 0.0300. The van der Waals surface area contributed by atoms with Crippen molar-refractivity contribution in [3.63, 3.8) is 0 Å². The molecule has 9 heteroatoms. The average molecular weight is 344 g/mol. The predicted octanol–water partition coefficient (Wildman–Crippen LogP) is 1.84. The quantitative estimate of drug-likeness (QED) is 0.614. The van der Waals surface area contributed by atoms with Gasteiger partial charge in [-0.15, -0.1) is 11.8 Å². The number of piperidine rings is 1. The first-order valence-corrected chi connectivity index (χ1v) is 9.38. The van der Waals surface area contributed by atoms with Gasteiger partial charge in [0.2, 0.25) is 10.0 Å². The highest BCUT2D eigenvalue weighted by molar-refractivity contribution is 8.00. The topological polar surface area (TPSA) is 89.8 Å². The molecule has 0 amide bonds. The van der Waals surface area contributed by atoms with E-state index in [4.69, 9.17) is 4.74 Å². The molecule has 2 aliphatic rings. The van der Waals surface area contributed by atoms with Gasteiger partial charge < -0.3 is 4.74 Å². The molecule has 120 valence electrons. The normalized spacial score (nSPS) is 22.0. The van der Waals surface area contributed by atoms with Crippen LogP contribution in [0, 0.1) is 10.1 Å². The van der Waals surface area contributed by atoms with Crippen LogP contribution in [-0.2, 0) is 14.8 Å². The van der Waals surface area contributed by atoms with E-state index in [-0.39, 0.29) is 15.5 Å². The molecule has 0 saturated carbocycles. The molecule has 0 unspecified atom stereocenters. The first kappa shape index (κ1) is 15.7. The van der Waals surface area contributed by atoms with Crippen LogP contribution in [0.2, 0.25) is 0 Å². The van der Waals surface area contributed by atoms with Crippen LogP contribution in [0.1, 0.15) is 12.8 Å². The lowest BCUT2D eigenvalue weighted by atomic mass is 10.1. The van der Waals surface area contributed by atoms with E-state index in [9.17, 15) is 18.5 Å². The van der Waals surface area contributed by atoms with Gasteiger partial charge in [0.15, 0.2) is 0 Å². The number of hydrogen-bond acceptors (Lipinski definition) is 6. The fraction of sp³-hybridized carbons (Fsp3) is 0.538. The number of thioether (sulfide) groups is 1. The van der Waals surface area contributed by atoms with E-state index in [0.717, 1.165) is 11.8 Å². The first-order valence-electron chi connectivity index (χ1n) is 6.96. The summed E-state index contributed by atoms with van der Waals surface area (Å²) in [6.45, 7) is 1.46. The van der Waals surface area contributed by atoms with Crippen LogP contribution in [0.25, 0.3) is 0 Å². The van der Waals surface area contributed by atoms with Gasteiger partial charge in [-0.05, 0) is 18.9 Å². The van der Waals surface area contributed by atoms with Crippen LogP contribution >= 0.6 is 11.8 Å². The molecule has 2 aliphatic heterocycles. The van der Waals surface area contributed by atoms with Gasteiger partial charge in [-0.25, -0.2) is 8.42 Å². The van der Waals surface area contributed by atoms with Crippen molar-refractivity contribution < 1.29 is 18.1 Å². The number of non-ortho nitro benzene ring substituents is 1. The zero-order valence-corrected chi connectivity index (χ0v) is 13.4. The molecule has 0 aliphatic carbocycles. The molecule has 0 aromatic heterocycles. The highest BCUT2D eigenvalue weighted by Gasteiger charge is 2.42. The lowest BCUT2D eigenvalue weighted by Crippen LogP contribution is -2.44. The van der Waals surface area contributed by atoms with Crippen molar-refractivity contribution in [3.05, 3.63) is 34.4 Å². The fourth-order valence-electron chi connectivity index (χ4n) is 2.76. The third-order valence-corrected chi connectivity index (χ3v) is 7.28. The second-order valence-electron chi connectivity index (χ2n) is 5.27. The Balaban J connectivity index is 1.79. The molecule has 0 atom stereocenters. The van der Waals surface area contributed by atoms with Gasteiger partial charge in [0.25, 0.3) is 5.69 Å². The molecule has 7 nitrogen and oxygen atoms in total. The van der Waals surface area contributed by atoms with Crippen LogP contribution in [-0.4, -0.2) is 48.0 Å². The Bertz CT molecular complexity index is 675. The summed E-state index contributed by atoms with van der Waals surface area (Å²) in [5.74, 6) is 0.942. The van der Waals surface area contributed by atoms with Gasteiger partial charge in [0, 0.05) is 31.0 Å². The van der Waals surface area contributed by atoms with Gasteiger partial charge in [-0.1, -0.05) is 6.07 Å². The third-order valence-electron chi connectivity index (χ3n) is 3.96. The lowest BCUT2D eigenvalue weighted by Gasteiger charge is -2.37. The van der Waals surface area contributed by atoms with Crippen molar-refractivity contribution in [3.8, 4) is 0 Å².